The van der Waals surface area contributed by atoms with Crippen molar-refractivity contribution in [3.63, 3.8) is 0 Å². The molecule has 2 atom stereocenters. The Morgan fingerprint density at radius 2 is 2.36 bits per heavy atom. The number of hydrogen-bond acceptors (Lipinski definition) is 4. The summed E-state index contributed by atoms with van der Waals surface area (Å²) in [5.74, 6) is 0.759. The lowest BCUT2D eigenvalue weighted by Gasteiger charge is -2.22. The van der Waals surface area contributed by atoms with Crippen LogP contribution in [0, 0.1) is 5.92 Å². The molecule has 1 rings (SSSR count). The van der Waals surface area contributed by atoms with Gasteiger partial charge in [-0.3, -0.25) is 0 Å². The Labute approximate surface area is 86.7 Å². The molecule has 1 heterocycles. The number of rotatable bonds is 5. The van der Waals surface area contributed by atoms with Gasteiger partial charge in [0.05, 0.1) is 6.10 Å². The molecule has 1 fully saturated rings. The Hall–Kier alpha value is -0.160. The molecular weight excluding hydrogens is 178 g/mol. The van der Waals surface area contributed by atoms with E-state index in [2.05, 4.69) is 23.9 Å². The van der Waals surface area contributed by atoms with Crippen LogP contribution in [0.25, 0.3) is 0 Å². The zero-order valence-corrected chi connectivity index (χ0v) is 9.32. The lowest BCUT2D eigenvalue weighted by Crippen LogP contribution is -2.37. The maximum Gasteiger partial charge on any atom is 0.0788 e. The summed E-state index contributed by atoms with van der Waals surface area (Å²) in [6.45, 7) is 4.51. The van der Waals surface area contributed by atoms with E-state index in [0.29, 0.717) is 13.1 Å². The topological polar surface area (TPSA) is 52.7 Å². The maximum absolute atomic E-state index is 9.38. The van der Waals surface area contributed by atoms with Gasteiger partial charge in [0, 0.05) is 26.2 Å². The molecule has 0 bridgehead atoms. The average molecular weight is 201 g/mol. The van der Waals surface area contributed by atoms with Gasteiger partial charge in [0.15, 0.2) is 0 Å². The molecule has 14 heavy (non-hydrogen) atoms. The Morgan fingerprint density at radius 3 is 2.86 bits per heavy atom. The van der Waals surface area contributed by atoms with Gasteiger partial charge < -0.3 is 20.6 Å². The molecule has 1 aliphatic heterocycles. The standard InChI is InChI=1S/C10H23N3O/c1-12-4-3-9(6-12)7-13(2)8-10(14)5-11/h9-10,14H,3-8,11H2,1-2H3. The number of nitrogens with two attached hydrogens (primary N) is 1. The summed E-state index contributed by atoms with van der Waals surface area (Å²) in [4.78, 5) is 4.54. The fraction of sp³-hybridized carbons (Fsp3) is 1.00. The number of nitrogens with zero attached hydrogens (tertiary/aromatic N) is 2. The van der Waals surface area contributed by atoms with Gasteiger partial charge in [0.25, 0.3) is 0 Å². The molecule has 84 valence electrons. The van der Waals surface area contributed by atoms with Crippen LogP contribution in [0.15, 0.2) is 0 Å². The third-order valence-electron chi connectivity index (χ3n) is 2.85. The van der Waals surface area contributed by atoms with Gasteiger partial charge >= 0.3 is 0 Å². The third-order valence-corrected chi connectivity index (χ3v) is 2.85. The quantitative estimate of drug-likeness (QED) is 0.611. The van der Waals surface area contributed by atoms with E-state index in [9.17, 15) is 5.11 Å². The maximum atomic E-state index is 9.38. The first-order chi connectivity index (χ1) is 6.61. The van der Waals surface area contributed by atoms with Crippen LogP contribution in [0.4, 0.5) is 0 Å². The van der Waals surface area contributed by atoms with Crippen LogP contribution in [-0.4, -0.2) is 67.8 Å². The highest BCUT2D eigenvalue weighted by Gasteiger charge is 2.21. The molecule has 0 amide bonds. The normalized spacial score (nSPS) is 25.9. The number of aliphatic hydroxyl groups excluding tert-OH is 1. The van der Waals surface area contributed by atoms with Crippen LogP contribution in [0.2, 0.25) is 0 Å². The van der Waals surface area contributed by atoms with Crippen molar-refractivity contribution in [2.24, 2.45) is 11.7 Å². The second-order valence-electron chi connectivity index (χ2n) is 4.53. The first kappa shape index (κ1) is 11.9. The molecule has 3 N–H and O–H groups in total. The average Bonchev–Trinajstić information content (AvgIpc) is 2.50. The fourth-order valence-corrected chi connectivity index (χ4v) is 2.12. The third kappa shape index (κ3) is 3.92. The van der Waals surface area contributed by atoms with E-state index in [-0.39, 0.29) is 6.10 Å². The number of hydrogen-bond donors (Lipinski definition) is 2. The molecule has 2 unspecified atom stereocenters. The van der Waals surface area contributed by atoms with Crippen molar-refractivity contribution in [1.82, 2.24) is 9.80 Å². The molecule has 1 saturated heterocycles. The molecule has 0 spiro atoms. The highest BCUT2D eigenvalue weighted by atomic mass is 16.3. The van der Waals surface area contributed by atoms with Crippen molar-refractivity contribution in [2.75, 3.05) is 46.8 Å². The first-order valence-electron chi connectivity index (χ1n) is 5.37. The van der Waals surface area contributed by atoms with E-state index in [1.807, 2.05) is 0 Å². The first-order valence-corrected chi connectivity index (χ1v) is 5.37. The van der Waals surface area contributed by atoms with Crippen LogP contribution in [0.3, 0.4) is 0 Å². The Bertz CT molecular complexity index is 165. The van der Waals surface area contributed by atoms with Crippen LogP contribution in [-0.2, 0) is 0 Å². The van der Waals surface area contributed by atoms with Crippen LogP contribution in [0.1, 0.15) is 6.42 Å². The smallest absolute Gasteiger partial charge is 0.0788 e. The van der Waals surface area contributed by atoms with Crippen molar-refractivity contribution >= 4 is 0 Å². The predicted octanol–water partition coefficient (Wildman–Crippen LogP) is -0.810. The predicted molar refractivity (Wildman–Crippen MR) is 58.2 cm³/mol. The van der Waals surface area contributed by atoms with E-state index in [4.69, 9.17) is 5.73 Å². The van der Waals surface area contributed by atoms with Crippen LogP contribution < -0.4 is 5.73 Å². The highest BCUT2D eigenvalue weighted by molar-refractivity contribution is 4.76. The van der Waals surface area contributed by atoms with Crippen molar-refractivity contribution in [1.29, 1.82) is 0 Å². The van der Waals surface area contributed by atoms with E-state index in [1.54, 1.807) is 0 Å². The number of likely N-dealkylation sites (tertiary alicyclic amines) is 1. The van der Waals surface area contributed by atoms with Crippen molar-refractivity contribution in [2.45, 2.75) is 12.5 Å². The summed E-state index contributed by atoms with van der Waals surface area (Å²) >= 11 is 0. The summed E-state index contributed by atoms with van der Waals surface area (Å²) in [5, 5.41) is 9.38. The Morgan fingerprint density at radius 1 is 1.64 bits per heavy atom. The van der Waals surface area contributed by atoms with E-state index >= 15 is 0 Å². The van der Waals surface area contributed by atoms with Crippen molar-refractivity contribution in [3.8, 4) is 0 Å². The van der Waals surface area contributed by atoms with Crippen LogP contribution >= 0.6 is 0 Å². The molecule has 1 aliphatic rings. The van der Waals surface area contributed by atoms with E-state index < -0.39 is 0 Å². The fourth-order valence-electron chi connectivity index (χ4n) is 2.12. The van der Waals surface area contributed by atoms with Crippen molar-refractivity contribution in [3.05, 3.63) is 0 Å². The molecule has 0 aliphatic carbocycles. The number of aliphatic hydroxyl groups is 1. The molecule has 0 saturated carbocycles. The summed E-state index contributed by atoms with van der Waals surface area (Å²) in [7, 11) is 4.21. The zero-order valence-electron chi connectivity index (χ0n) is 9.32. The van der Waals surface area contributed by atoms with Crippen molar-refractivity contribution < 1.29 is 5.11 Å². The minimum absolute atomic E-state index is 0.356. The van der Waals surface area contributed by atoms with Gasteiger partial charge in [-0.2, -0.15) is 0 Å². The minimum Gasteiger partial charge on any atom is -0.390 e. The molecule has 0 aromatic carbocycles. The summed E-state index contributed by atoms with van der Waals surface area (Å²) < 4.78 is 0. The minimum atomic E-state index is -0.376. The van der Waals surface area contributed by atoms with E-state index in [0.717, 1.165) is 12.5 Å². The molecule has 0 radical (unpaired) electrons. The highest BCUT2D eigenvalue weighted by Crippen LogP contribution is 2.14. The van der Waals surface area contributed by atoms with Gasteiger partial charge in [-0.15, -0.1) is 0 Å². The summed E-state index contributed by atoms with van der Waals surface area (Å²) in [6, 6.07) is 0. The molecule has 4 heteroatoms. The van der Waals surface area contributed by atoms with Gasteiger partial charge in [-0.05, 0) is 33.0 Å². The lowest BCUT2D eigenvalue weighted by atomic mass is 10.1. The molecular formula is C10H23N3O. The molecule has 4 nitrogen and oxygen atoms in total. The van der Waals surface area contributed by atoms with Gasteiger partial charge in [0.1, 0.15) is 0 Å². The van der Waals surface area contributed by atoms with Gasteiger partial charge in [-0.25, -0.2) is 0 Å². The lowest BCUT2D eigenvalue weighted by molar-refractivity contribution is 0.124. The Balaban J connectivity index is 2.16. The molecule has 0 aromatic heterocycles. The second-order valence-corrected chi connectivity index (χ2v) is 4.53. The SMILES string of the molecule is CN1CCC(CN(C)CC(O)CN)C1. The van der Waals surface area contributed by atoms with E-state index in [1.165, 1.54) is 19.5 Å². The molecule has 0 aromatic rings. The second kappa shape index (κ2) is 5.66. The number of likely N-dealkylation sites (N-methyl/N-ethyl adjacent to an activating group) is 1. The zero-order chi connectivity index (χ0) is 10.6. The Kier molecular flexibility index (Phi) is 4.81. The van der Waals surface area contributed by atoms with Gasteiger partial charge in [0.2, 0.25) is 0 Å². The largest absolute Gasteiger partial charge is 0.390 e. The summed E-state index contributed by atoms with van der Waals surface area (Å²) in [6.07, 6.45) is 0.902. The summed E-state index contributed by atoms with van der Waals surface area (Å²) in [5.41, 5.74) is 5.37. The monoisotopic (exact) mass is 201 g/mol. The van der Waals surface area contributed by atoms with Gasteiger partial charge in [-0.1, -0.05) is 0 Å². The van der Waals surface area contributed by atoms with Crippen LogP contribution in [0.5, 0.6) is 0 Å².